The Bertz CT molecular complexity index is 1200. The van der Waals surface area contributed by atoms with Gasteiger partial charge in [0.1, 0.15) is 17.7 Å². The molecule has 0 saturated carbocycles. The smallest absolute Gasteiger partial charge is 0.408 e. The number of ether oxygens (including phenoxy) is 1. The molecule has 2 aromatic carbocycles. The second kappa shape index (κ2) is 12.9. The highest BCUT2D eigenvalue weighted by atomic mass is 16.6. The molecule has 0 radical (unpaired) electrons. The molecular weight excluding hydrogens is 502 g/mol. The minimum atomic E-state index is -0.946. The minimum Gasteiger partial charge on any atom is -0.444 e. The zero-order valence-electron chi connectivity index (χ0n) is 26.5. The first-order valence-corrected chi connectivity index (χ1v) is 14.1. The zero-order chi connectivity index (χ0) is 30.6. The van der Waals surface area contributed by atoms with E-state index in [-0.39, 0.29) is 17.7 Å². The fraction of sp³-hybridized carbons (Fsp3) is 0.545. The number of rotatable bonds is 8. The zero-order valence-corrected chi connectivity index (χ0v) is 26.5. The van der Waals surface area contributed by atoms with Gasteiger partial charge in [0, 0.05) is 11.2 Å². The summed E-state index contributed by atoms with van der Waals surface area (Å²) in [5.41, 5.74) is 3.74. The van der Waals surface area contributed by atoms with Crippen LogP contribution in [-0.4, -0.2) is 40.0 Å². The molecule has 7 nitrogen and oxygen atoms in total. The number of carbonyl (C=O) groups excluding carboxylic acids is 3. The Morgan fingerprint density at radius 2 is 1.48 bits per heavy atom. The van der Waals surface area contributed by atoms with Crippen LogP contribution < -0.4 is 10.6 Å². The van der Waals surface area contributed by atoms with Crippen molar-refractivity contribution >= 4 is 23.6 Å². The average Bonchev–Trinajstić information content (AvgIpc) is 2.82. The molecule has 220 valence electrons. The number of nitrogens with zero attached hydrogens (tertiary/aromatic N) is 1. The summed E-state index contributed by atoms with van der Waals surface area (Å²) in [5.74, 6) is -0.851. The molecular formula is C33H49N3O4. The molecule has 2 rings (SSSR count). The van der Waals surface area contributed by atoms with Crippen molar-refractivity contribution in [3.63, 3.8) is 0 Å². The topological polar surface area (TPSA) is 87.7 Å². The lowest BCUT2D eigenvalue weighted by Crippen LogP contribution is -2.59. The molecule has 3 atom stereocenters. The van der Waals surface area contributed by atoms with Crippen molar-refractivity contribution in [2.45, 2.75) is 113 Å². The third-order valence-corrected chi connectivity index (χ3v) is 7.08. The maximum Gasteiger partial charge on any atom is 0.408 e. The highest BCUT2D eigenvalue weighted by Gasteiger charge is 2.43. The number of aryl methyl sites for hydroxylation is 4. The molecule has 0 heterocycles. The van der Waals surface area contributed by atoms with Crippen molar-refractivity contribution in [2.24, 2.45) is 5.92 Å². The van der Waals surface area contributed by atoms with Crippen LogP contribution >= 0.6 is 0 Å². The van der Waals surface area contributed by atoms with Crippen molar-refractivity contribution in [3.8, 4) is 0 Å². The Kier molecular flexibility index (Phi) is 10.6. The summed E-state index contributed by atoms with van der Waals surface area (Å²) in [4.78, 5) is 43.4. The van der Waals surface area contributed by atoms with Crippen molar-refractivity contribution in [1.82, 2.24) is 10.2 Å². The first-order chi connectivity index (χ1) is 18.4. The second-order valence-electron chi connectivity index (χ2n) is 12.9. The second-order valence-corrected chi connectivity index (χ2v) is 12.9. The lowest BCUT2D eigenvalue weighted by atomic mass is 9.89. The molecule has 0 aliphatic rings. The van der Waals surface area contributed by atoms with Crippen LogP contribution in [0.15, 0.2) is 36.4 Å². The third kappa shape index (κ3) is 8.33. The number of benzene rings is 2. The molecule has 3 amide bonds. The number of hydrogen-bond acceptors (Lipinski definition) is 4. The standard InChI is InChI=1S/C33H49N3O4/c1-13-21(3)27(35-31(39)40-33(10,11)12)30(38)36(32(7,8)9)28(25-19-20(2)17-18-22(25)4)29(37)34-26-23(5)15-14-16-24(26)6/h14-19,21,27-28H,13H2,1-12H3,(H,34,37)(H,35,39). The average molecular weight is 552 g/mol. The molecule has 0 bridgehead atoms. The van der Waals surface area contributed by atoms with Gasteiger partial charge < -0.3 is 20.3 Å². The van der Waals surface area contributed by atoms with Gasteiger partial charge in [0.15, 0.2) is 0 Å². The van der Waals surface area contributed by atoms with Crippen molar-refractivity contribution in [3.05, 3.63) is 64.2 Å². The highest BCUT2D eigenvalue weighted by Crippen LogP contribution is 2.35. The van der Waals surface area contributed by atoms with Crippen molar-refractivity contribution in [2.75, 3.05) is 5.32 Å². The van der Waals surface area contributed by atoms with E-state index in [1.807, 2.05) is 98.7 Å². The van der Waals surface area contributed by atoms with Gasteiger partial charge in [0.25, 0.3) is 5.91 Å². The first kappa shape index (κ1) is 32.9. The summed E-state index contributed by atoms with van der Waals surface area (Å²) in [5, 5.41) is 5.97. The fourth-order valence-electron chi connectivity index (χ4n) is 4.77. The monoisotopic (exact) mass is 551 g/mol. The molecule has 0 fully saturated rings. The van der Waals surface area contributed by atoms with E-state index >= 15 is 0 Å². The highest BCUT2D eigenvalue weighted by molar-refractivity contribution is 6.00. The number of carbonyl (C=O) groups is 3. The first-order valence-electron chi connectivity index (χ1n) is 14.1. The van der Waals surface area contributed by atoms with E-state index in [0.29, 0.717) is 6.42 Å². The van der Waals surface area contributed by atoms with E-state index in [2.05, 4.69) is 10.6 Å². The summed E-state index contributed by atoms with van der Waals surface area (Å²) < 4.78 is 5.51. The Morgan fingerprint density at radius 1 is 0.900 bits per heavy atom. The predicted molar refractivity (Wildman–Crippen MR) is 162 cm³/mol. The minimum absolute atomic E-state index is 0.203. The van der Waals surface area contributed by atoms with E-state index in [9.17, 15) is 14.4 Å². The fourth-order valence-corrected chi connectivity index (χ4v) is 4.77. The molecule has 3 unspecified atom stereocenters. The largest absolute Gasteiger partial charge is 0.444 e. The molecule has 0 saturated heterocycles. The van der Waals surface area contributed by atoms with E-state index in [1.54, 1.807) is 25.7 Å². The van der Waals surface area contributed by atoms with Gasteiger partial charge in [0.05, 0.1) is 0 Å². The summed E-state index contributed by atoms with van der Waals surface area (Å²) in [7, 11) is 0. The van der Waals surface area contributed by atoms with Gasteiger partial charge >= 0.3 is 6.09 Å². The van der Waals surface area contributed by atoms with E-state index < -0.39 is 29.3 Å². The van der Waals surface area contributed by atoms with Gasteiger partial charge in [0.2, 0.25) is 5.91 Å². The van der Waals surface area contributed by atoms with Crippen LogP contribution in [-0.2, 0) is 14.3 Å². The van der Waals surface area contributed by atoms with Crippen molar-refractivity contribution in [1.29, 1.82) is 0 Å². The summed E-state index contributed by atoms with van der Waals surface area (Å²) in [6.07, 6.45) is -0.0179. The van der Waals surface area contributed by atoms with Crippen LogP contribution in [0.3, 0.4) is 0 Å². The number of anilines is 1. The molecule has 40 heavy (non-hydrogen) atoms. The lowest BCUT2D eigenvalue weighted by molar-refractivity contribution is -0.148. The van der Waals surface area contributed by atoms with Gasteiger partial charge in [-0.1, -0.05) is 62.2 Å². The summed E-state index contributed by atoms with van der Waals surface area (Å²) >= 11 is 0. The molecule has 0 aromatic heterocycles. The Hall–Kier alpha value is -3.35. The molecule has 7 heteroatoms. The SMILES string of the molecule is CCC(C)C(NC(=O)OC(C)(C)C)C(=O)N(C(C(=O)Nc1c(C)cccc1C)c1cc(C)ccc1C)C(C)(C)C. The molecule has 2 aromatic rings. The predicted octanol–water partition coefficient (Wildman–Crippen LogP) is 7.17. The maximum absolute atomic E-state index is 14.6. The Balaban J connectivity index is 2.72. The van der Waals surface area contributed by atoms with Gasteiger partial charge in [-0.3, -0.25) is 9.59 Å². The Morgan fingerprint density at radius 3 is 1.98 bits per heavy atom. The van der Waals surface area contributed by atoms with Gasteiger partial charge in [-0.05, 0) is 97.4 Å². The van der Waals surface area contributed by atoms with Gasteiger partial charge in [-0.2, -0.15) is 0 Å². The number of amides is 3. The van der Waals surface area contributed by atoms with E-state index in [1.165, 1.54) is 0 Å². The maximum atomic E-state index is 14.6. The molecule has 0 spiro atoms. The normalized spacial score (nSPS) is 14.1. The van der Waals surface area contributed by atoms with E-state index in [0.717, 1.165) is 33.5 Å². The quantitative estimate of drug-likeness (QED) is 0.364. The van der Waals surface area contributed by atoms with Crippen LogP contribution in [0.1, 0.15) is 95.7 Å². The van der Waals surface area contributed by atoms with Gasteiger partial charge in [-0.15, -0.1) is 0 Å². The summed E-state index contributed by atoms with van der Waals surface area (Å²) in [6.45, 7) is 22.8. The number of hydrogen-bond donors (Lipinski definition) is 2. The van der Waals surface area contributed by atoms with Crippen LogP contribution in [0.2, 0.25) is 0 Å². The number of nitrogens with one attached hydrogen (secondary N) is 2. The Labute approximate surface area is 241 Å². The summed E-state index contributed by atoms with van der Waals surface area (Å²) in [6, 6.07) is 9.95. The van der Waals surface area contributed by atoms with Crippen molar-refractivity contribution < 1.29 is 19.1 Å². The number of alkyl carbamates (subject to hydrolysis) is 1. The third-order valence-electron chi connectivity index (χ3n) is 7.08. The van der Waals surface area contributed by atoms with Crippen LogP contribution in [0.25, 0.3) is 0 Å². The molecule has 2 N–H and O–H groups in total. The van der Waals surface area contributed by atoms with E-state index in [4.69, 9.17) is 4.74 Å². The van der Waals surface area contributed by atoms with Gasteiger partial charge in [-0.25, -0.2) is 4.79 Å². The number of para-hydroxylation sites is 1. The van der Waals surface area contributed by atoms with Crippen LogP contribution in [0.5, 0.6) is 0 Å². The lowest BCUT2D eigenvalue weighted by Gasteiger charge is -2.44. The molecule has 0 aliphatic heterocycles. The van der Waals surface area contributed by atoms with Crippen LogP contribution in [0, 0.1) is 33.6 Å². The molecule has 0 aliphatic carbocycles. The van der Waals surface area contributed by atoms with Crippen LogP contribution in [0.4, 0.5) is 10.5 Å².